The van der Waals surface area contributed by atoms with Crippen LogP contribution in [0.1, 0.15) is 98.6 Å². The first-order valence-electron chi connectivity index (χ1n) is 23.6. The summed E-state index contributed by atoms with van der Waals surface area (Å²) in [5.74, 6) is -3.60. The summed E-state index contributed by atoms with van der Waals surface area (Å²) in [6.45, 7) is 3.86. The number of ether oxygens (including phenoxy) is 4. The number of amides is 2. The predicted molar refractivity (Wildman–Crippen MR) is 246 cm³/mol. The lowest BCUT2D eigenvalue weighted by Crippen LogP contribution is -2.70. The maximum atomic E-state index is 15.7. The molecule has 2 saturated heterocycles. The van der Waals surface area contributed by atoms with Crippen LogP contribution in [-0.4, -0.2) is 142 Å². The van der Waals surface area contributed by atoms with Crippen LogP contribution in [0.3, 0.4) is 0 Å². The molecule has 392 valence electrons. The number of aromatic nitrogens is 1. The van der Waals surface area contributed by atoms with Crippen LogP contribution < -0.4 is 4.74 Å². The fourth-order valence-corrected chi connectivity index (χ4v) is 11.5. The van der Waals surface area contributed by atoms with Gasteiger partial charge in [-0.2, -0.15) is 0 Å². The van der Waals surface area contributed by atoms with E-state index in [0.717, 1.165) is 52.9 Å². The zero-order valence-corrected chi connectivity index (χ0v) is 41.2. The van der Waals surface area contributed by atoms with Crippen molar-refractivity contribution < 1.29 is 81.0 Å². The highest BCUT2D eigenvalue weighted by Crippen LogP contribution is 2.53. The number of benzene rings is 2. The third-order valence-electron chi connectivity index (χ3n) is 13.1. The van der Waals surface area contributed by atoms with Gasteiger partial charge in [-0.05, 0) is 125 Å². The monoisotopic (exact) mass is 1040 g/mol. The number of carbonyl (C=O) groups excluding carboxylic acids is 3. The van der Waals surface area contributed by atoms with Gasteiger partial charge in [-0.25, -0.2) is 26.8 Å². The Kier molecular flexibility index (Phi) is 20.1. The smallest absolute Gasteiger partial charge is 0.489 e. The van der Waals surface area contributed by atoms with Gasteiger partial charge in [-0.1, -0.05) is 35.9 Å². The number of halogens is 3. The van der Waals surface area contributed by atoms with Crippen molar-refractivity contribution in [2.24, 2.45) is 5.41 Å². The van der Waals surface area contributed by atoms with E-state index in [2.05, 4.69) is 14.7 Å². The molecule has 0 radical (unpaired) electrons. The van der Waals surface area contributed by atoms with Gasteiger partial charge in [0.25, 0.3) is 0 Å². The van der Waals surface area contributed by atoms with Gasteiger partial charge in [0.2, 0.25) is 5.91 Å². The molecule has 3 fully saturated rings. The van der Waals surface area contributed by atoms with Gasteiger partial charge in [0.05, 0.1) is 73.4 Å². The molecule has 24 heteroatoms. The van der Waals surface area contributed by atoms with Crippen LogP contribution in [0.25, 0.3) is 0 Å². The standard InChI is InChI=1S/C47H62ClF2N5O15S/c1-31-34(19-20-51-40(31)10-8-24-68-46(58)67-22-4-6-26-70-55(61)62)28-52(35-15-16-35)44(56)47(2)37(33-13-11-32(12-14-33)9-7-23-65-43-39(50)18-17-38(49)42(43)48)27-36-29-71(63,64)30-41(47)53(36)45(57)66-21-3-5-25-69-54(59)60/h11-14,17-20,35-37,41,59-62H,3-10,15-16,21-30H2,1-2H3. The molecule has 1 aliphatic carbocycles. The highest BCUT2D eigenvalue weighted by molar-refractivity contribution is 7.91. The third kappa shape index (κ3) is 15.1. The molecule has 1 saturated carbocycles. The Morgan fingerprint density at radius 2 is 1.41 bits per heavy atom. The predicted octanol–water partition coefficient (Wildman–Crippen LogP) is 7.29. The van der Waals surface area contributed by atoms with Crippen molar-refractivity contribution in [3.8, 4) is 5.75 Å². The lowest BCUT2D eigenvalue weighted by Gasteiger charge is -2.57. The topological polar surface area (TPSA) is 247 Å². The summed E-state index contributed by atoms with van der Waals surface area (Å²) < 4.78 is 77.2. The Morgan fingerprint density at radius 3 is 2.06 bits per heavy atom. The molecule has 4 unspecified atom stereocenters. The molecule has 71 heavy (non-hydrogen) atoms. The average molecular weight is 1040 g/mol. The summed E-state index contributed by atoms with van der Waals surface area (Å²) in [5, 5.41) is 33.6. The van der Waals surface area contributed by atoms with E-state index in [1.165, 1.54) is 4.90 Å². The van der Waals surface area contributed by atoms with Crippen molar-refractivity contribution in [3.05, 3.63) is 93.3 Å². The number of nitrogens with zero attached hydrogens (tertiary/aromatic N) is 5. The van der Waals surface area contributed by atoms with Gasteiger partial charge in [0.15, 0.2) is 21.4 Å². The highest BCUT2D eigenvalue weighted by Gasteiger charge is 2.62. The van der Waals surface area contributed by atoms with Crippen molar-refractivity contribution in [3.63, 3.8) is 0 Å². The van der Waals surface area contributed by atoms with Gasteiger partial charge in [-0.15, -0.1) is 0 Å². The summed E-state index contributed by atoms with van der Waals surface area (Å²) >= 11 is 5.93. The molecule has 2 aliphatic heterocycles. The molecule has 2 amide bonds. The number of aryl methyl sites for hydroxylation is 2. The van der Waals surface area contributed by atoms with E-state index < -0.39 is 78.7 Å². The number of hydrogen-bond donors (Lipinski definition) is 4. The minimum absolute atomic E-state index is 0.0154. The fourth-order valence-electron chi connectivity index (χ4n) is 9.29. The van der Waals surface area contributed by atoms with E-state index in [-0.39, 0.29) is 76.1 Å². The molecule has 3 aliphatic rings. The third-order valence-corrected chi connectivity index (χ3v) is 15.2. The largest absolute Gasteiger partial charge is 0.508 e. The lowest BCUT2D eigenvalue weighted by atomic mass is 9.62. The molecule has 3 heterocycles. The number of pyridine rings is 1. The van der Waals surface area contributed by atoms with E-state index in [0.29, 0.717) is 51.4 Å². The Balaban J connectivity index is 1.20. The molecule has 4 atom stereocenters. The number of carbonyl (C=O) groups is 3. The maximum absolute atomic E-state index is 15.7. The summed E-state index contributed by atoms with van der Waals surface area (Å²) in [4.78, 5) is 58.8. The van der Waals surface area contributed by atoms with E-state index >= 15 is 4.79 Å². The lowest BCUT2D eigenvalue weighted by molar-refractivity contribution is -0.492. The zero-order valence-electron chi connectivity index (χ0n) is 39.6. The highest BCUT2D eigenvalue weighted by atomic mass is 35.5. The molecule has 2 bridgehead atoms. The van der Waals surface area contributed by atoms with E-state index in [1.807, 2.05) is 37.3 Å². The molecule has 6 rings (SSSR count). The Morgan fingerprint density at radius 1 is 0.803 bits per heavy atom. The molecule has 3 aromatic rings. The molecule has 20 nitrogen and oxygen atoms in total. The first-order valence-corrected chi connectivity index (χ1v) is 25.8. The van der Waals surface area contributed by atoms with E-state index in [9.17, 15) is 26.8 Å². The maximum Gasteiger partial charge on any atom is 0.508 e. The Bertz CT molecular complexity index is 2390. The number of piperidine rings is 1. The summed E-state index contributed by atoms with van der Waals surface area (Å²) in [6, 6.07) is 9.22. The summed E-state index contributed by atoms with van der Waals surface area (Å²) in [6.07, 6.45) is 4.83. The molecular weight excluding hydrogens is 980 g/mol. The van der Waals surface area contributed by atoms with Gasteiger partial charge < -0.3 is 23.8 Å². The second kappa shape index (κ2) is 25.7. The van der Waals surface area contributed by atoms with E-state index in [1.54, 1.807) is 18.0 Å². The van der Waals surface area contributed by atoms with Gasteiger partial charge in [0.1, 0.15) is 10.8 Å². The van der Waals surface area contributed by atoms with Crippen LogP contribution >= 0.6 is 11.6 Å². The summed E-state index contributed by atoms with van der Waals surface area (Å²) in [7, 11) is -3.76. The normalized spacial score (nSPS) is 20.5. The number of fused-ring (bicyclic) bond motifs is 2. The van der Waals surface area contributed by atoms with Crippen LogP contribution in [0.5, 0.6) is 5.75 Å². The Labute approximate surface area is 415 Å². The molecule has 1 aromatic heterocycles. The first-order chi connectivity index (χ1) is 33.9. The van der Waals surface area contributed by atoms with Crippen molar-refractivity contribution in [1.82, 2.24) is 25.6 Å². The molecule has 2 aromatic carbocycles. The minimum atomic E-state index is -3.76. The van der Waals surface area contributed by atoms with Crippen LogP contribution in [0.15, 0.2) is 48.7 Å². The van der Waals surface area contributed by atoms with Crippen LogP contribution in [-0.2, 0) is 57.9 Å². The average Bonchev–Trinajstić information content (AvgIpc) is 4.17. The van der Waals surface area contributed by atoms with Gasteiger partial charge in [0, 0.05) is 36.4 Å². The van der Waals surface area contributed by atoms with Crippen molar-refractivity contribution in [2.45, 2.75) is 115 Å². The van der Waals surface area contributed by atoms with Crippen LogP contribution in [0.4, 0.5) is 18.4 Å². The van der Waals surface area contributed by atoms with Crippen LogP contribution in [0, 0.1) is 24.0 Å². The zero-order chi connectivity index (χ0) is 51.3. The SMILES string of the molecule is Cc1c(CN(C(=O)C2(C)C(c3ccc(CCCOc4c(F)ccc(F)c4Cl)cc3)CC3CS(=O)(=O)CC2N3C(=O)OCCCCON(O)O)C2CC2)ccnc1CCCOC(=O)OCCCCON(O)O. The number of rotatable bonds is 26. The van der Waals surface area contributed by atoms with Gasteiger partial charge >= 0.3 is 12.2 Å². The van der Waals surface area contributed by atoms with Crippen LogP contribution in [0.2, 0.25) is 5.02 Å². The fraction of sp³-hybridized carbons (Fsp3) is 0.574. The second-order valence-electron chi connectivity index (χ2n) is 18.0. The molecule has 0 spiro atoms. The molecular formula is C47H62ClF2N5O15S. The quantitative estimate of drug-likeness (QED) is 0.0267. The summed E-state index contributed by atoms with van der Waals surface area (Å²) in [5.41, 5.74) is 2.56. The molecule has 4 N–H and O–H groups in total. The Hall–Kier alpha value is -4.82. The number of unbranched alkanes of at least 4 members (excludes halogenated alkanes) is 2. The van der Waals surface area contributed by atoms with Crippen molar-refractivity contribution in [2.75, 3.05) is 51.1 Å². The number of hydrogen-bond acceptors (Lipinski definition) is 18. The number of sulfone groups is 1. The van der Waals surface area contributed by atoms with E-state index in [4.69, 9.17) is 51.4 Å². The van der Waals surface area contributed by atoms with Crippen molar-refractivity contribution >= 4 is 39.6 Å². The first kappa shape index (κ1) is 55.5. The van der Waals surface area contributed by atoms with Gasteiger partial charge in [-0.3, -0.25) is 45.2 Å². The second-order valence-corrected chi connectivity index (χ2v) is 20.6. The van der Waals surface area contributed by atoms with Crippen molar-refractivity contribution in [1.29, 1.82) is 0 Å². The minimum Gasteiger partial charge on any atom is -0.489 e.